The van der Waals surface area contributed by atoms with Gasteiger partial charge in [0.2, 0.25) is 0 Å². The molecule has 27 heavy (non-hydrogen) atoms. The van der Waals surface area contributed by atoms with Crippen LogP contribution >= 0.6 is 0 Å². The molecule has 0 saturated heterocycles. The molecule has 4 N–H and O–H groups in total. The molecule has 1 aliphatic carbocycles. The van der Waals surface area contributed by atoms with Crippen molar-refractivity contribution in [3.05, 3.63) is 29.8 Å². The topological polar surface area (TPSA) is 78.1 Å². The van der Waals surface area contributed by atoms with Crippen LogP contribution in [0.4, 0.5) is 5.69 Å². The average molecular weight is 376 g/mol. The molecule has 6 nitrogen and oxygen atoms in total. The van der Waals surface area contributed by atoms with Gasteiger partial charge in [-0.1, -0.05) is 19.3 Å². The molecule has 0 heterocycles. The summed E-state index contributed by atoms with van der Waals surface area (Å²) < 4.78 is 0. The van der Waals surface area contributed by atoms with Crippen molar-refractivity contribution in [1.82, 2.24) is 10.9 Å². The van der Waals surface area contributed by atoms with E-state index in [2.05, 4.69) is 34.9 Å². The molecule has 0 bridgehead atoms. The highest BCUT2D eigenvalue weighted by molar-refractivity contribution is 5.95. The number of hydrazine groups is 1. The molecule has 0 spiro atoms. The molecule has 0 atom stereocenters. The number of benzene rings is 1. The van der Waals surface area contributed by atoms with Gasteiger partial charge >= 0.3 is 0 Å². The van der Waals surface area contributed by atoms with Crippen molar-refractivity contribution in [1.29, 1.82) is 0 Å². The summed E-state index contributed by atoms with van der Waals surface area (Å²) in [4.78, 5) is 26.5. The van der Waals surface area contributed by atoms with Crippen molar-refractivity contribution >= 4 is 17.5 Å². The van der Waals surface area contributed by atoms with Crippen LogP contribution in [0.5, 0.6) is 0 Å². The number of nitrogens with two attached hydrogens (primary N) is 1. The summed E-state index contributed by atoms with van der Waals surface area (Å²) >= 11 is 0. The number of hydrogen-bond donors (Lipinski definition) is 3. The Kier molecular flexibility index (Phi) is 9.11. The van der Waals surface area contributed by atoms with Gasteiger partial charge in [-0.05, 0) is 63.8 Å². The predicted octanol–water partition coefficient (Wildman–Crippen LogP) is 1.97. The van der Waals surface area contributed by atoms with Gasteiger partial charge < -0.3 is 10.2 Å². The monoisotopic (exact) mass is 375 g/mol. The van der Waals surface area contributed by atoms with Gasteiger partial charge in [-0.2, -0.15) is 0 Å². The van der Waals surface area contributed by atoms with E-state index in [9.17, 15) is 9.59 Å². The van der Waals surface area contributed by atoms with E-state index in [-0.39, 0.29) is 11.8 Å². The van der Waals surface area contributed by atoms with Crippen molar-refractivity contribution in [3.8, 4) is 0 Å². The van der Waals surface area contributed by atoms with Gasteiger partial charge in [0.1, 0.15) is 0 Å². The predicted molar refractivity (Wildman–Crippen MR) is 109 cm³/mol. The third-order valence-corrected chi connectivity index (χ3v) is 5.36. The largest absolute Gasteiger partial charge is 0.372 e. The van der Waals surface area contributed by atoms with Crippen molar-refractivity contribution < 1.29 is 14.9 Å². The zero-order valence-corrected chi connectivity index (χ0v) is 16.8. The van der Waals surface area contributed by atoms with Gasteiger partial charge in [0.05, 0.1) is 6.04 Å². The molecule has 0 radical (unpaired) electrons. The van der Waals surface area contributed by atoms with Gasteiger partial charge in [0, 0.05) is 24.3 Å². The Labute approximate surface area is 163 Å². The first-order valence-corrected chi connectivity index (χ1v) is 10.4. The summed E-state index contributed by atoms with van der Waals surface area (Å²) in [5.74, 6) is -0.453. The summed E-state index contributed by atoms with van der Waals surface area (Å²) in [6.45, 7) is 6.41. The quantitative estimate of drug-likeness (QED) is 0.638. The lowest BCUT2D eigenvalue weighted by molar-refractivity contribution is -0.680. The number of hydrogen-bond acceptors (Lipinski definition) is 3. The lowest BCUT2D eigenvalue weighted by Gasteiger charge is -2.21. The highest BCUT2D eigenvalue weighted by Crippen LogP contribution is 2.15. The molecule has 0 aliphatic heterocycles. The standard InChI is InChI=1S/C21H34N4O2/c1-3-25(4-2)19-14-12-17(13-15-19)21(27)24-23-20(26)16-22-18-10-8-6-5-7-9-11-18/h12-15,18,22H,3-11,16H2,1-2H3,(H,23,26)(H,24,27)/p+1. The highest BCUT2D eigenvalue weighted by Gasteiger charge is 2.16. The summed E-state index contributed by atoms with van der Waals surface area (Å²) in [6.07, 6.45) is 8.82. The van der Waals surface area contributed by atoms with E-state index in [4.69, 9.17) is 0 Å². The van der Waals surface area contributed by atoms with E-state index in [1.807, 2.05) is 12.1 Å². The summed E-state index contributed by atoms with van der Waals surface area (Å²) in [7, 11) is 0. The van der Waals surface area contributed by atoms with E-state index in [0.29, 0.717) is 18.2 Å². The maximum atomic E-state index is 12.2. The zero-order valence-electron chi connectivity index (χ0n) is 16.8. The maximum absolute atomic E-state index is 12.2. The third-order valence-electron chi connectivity index (χ3n) is 5.36. The van der Waals surface area contributed by atoms with Crippen LogP contribution in [0.3, 0.4) is 0 Å². The second kappa shape index (κ2) is 11.6. The minimum atomic E-state index is -0.291. The Balaban J connectivity index is 1.73. The van der Waals surface area contributed by atoms with Crippen molar-refractivity contribution in [2.24, 2.45) is 0 Å². The molecule has 2 amide bonds. The number of quaternary nitrogens is 1. The summed E-state index contributed by atoms with van der Waals surface area (Å²) in [6, 6.07) is 7.98. The first kappa shape index (κ1) is 21.2. The lowest BCUT2D eigenvalue weighted by Crippen LogP contribution is -2.92. The first-order chi connectivity index (χ1) is 13.1. The summed E-state index contributed by atoms with van der Waals surface area (Å²) in [5.41, 5.74) is 6.67. The van der Waals surface area contributed by atoms with Crippen LogP contribution in [0, 0.1) is 0 Å². The molecule has 150 valence electrons. The number of rotatable bonds is 7. The first-order valence-electron chi connectivity index (χ1n) is 10.4. The minimum Gasteiger partial charge on any atom is -0.372 e. The van der Waals surface area contributed by atoms with Crippen LogP contribution in [0.2, 0.25) is 0 Å². The van der Waals surface area contributed by atoms with Crippen LogP contribution in [-0.2, 0) is 4.79 Å². The maximum Gasteiger partial charge on any atom is 0.293 e. The number of nitrogens with zero attached hydrogens (tertiary/aromatic N) is 1. The number of amides is 2. The van der Waals surface area contributed by atoms with E-state index in [0.717, 1.165) is 18.8 Å². The van der Waals surface area contributed by atoms with Gasteiger partial charge in [-0.3, -0.25) is 20.4 Å². The minimum absolute atomic E-state index is 0.162. The van der Waals surface area contributed by atoms with E-state index >= 15 is 0 Å². The van der Waals surface area contributed by atoms with Crippen molar-refractivity contribution in [2.75, 3.05) is 24.5 Å². The second-order valence-corrected chi connectivity index (χ2v) is 7.27. The number of carbonyl (C=O) groups excluding carboxylic acids is 2. The Morgan fingerprint density at radius 2 is 1.56 bits per heavy atom. The molecule has 1 aromatic rings. The fourth-order valence-corrected chi connectivity index (χ4v) is 3.66. The fraction of sp³-hybridized carbons (Fsp3) is 0.619. The Morgan fingerprint density at radius 1 is 0.963 bits per heavy atom. The Hall–Kier alpha value is -2.08. The van der Waals surface area contributed by atoms with Crippen LogP contribution in [0.1, 0.15) is 69.2 Å². The Bertz CT molecular complexity index is 576. The molecule has 6 heteroatoms. The van der Waals surface area contributed by atoms with Crippen LogP contribution in [0.15, 0.2) is 24.3 Å². The van der Waals surface area contributed by atoms with Crippen LogP contribution < -0.4 is 21.1 Å². The molecule has 0 unspecified atom stereocenters. The zero-order chi connectivity index (χ0) is 19.5. The molecule has 1 aromatic carbocycles. The van der Waals surface area contributed by atoms with Crippen molar-refractivity contribution in [3.63, 3.8) is 0 Å². The molecule has 0 aromatic heterocycles. The highest BCUT2D eigenvalue weighted by atomic mass is 16.2. The molecular weight excluding hydrogens is 340 g/mol. The Morgan fingerprint density at radius 3 is 2.15 bits per heavy atom. The second-order valence-electron chi connectivity index (χ2n) is 7.27. The smallest absolute Gasteiger partial charge is 0.293 e. The normalized spacial score (nSPS) is 15.5. The van der Waals surface area contributed by atoms with Gasteiger partial charge in [-0.15, -0.1) is 0 Å². The third kappa shape index (κ3) is 7.21. The van der Waals surface area contributed by atoms with Crippen LogP contribution in [0.25, 0.3) is 0 Å². The van der Waals surface area contributed by atoms with Crippen LogP contribution in [-0.4, -0.2) is 37.5 Å². The lowest BCUT2D eigenvalue weighted by atomic mass is 9.97. The number of nitrogens with one attached hydrogen (secondary N) is 2. The average Bonchev–Trinajstić information content (AvgIpc) is 2.66. The van der Waals surface area contributed by atoms with E-state index in [1.165, 1.54) is 44.9 Å². The molecular formula is C21H35N4O2+. The number of carbonyl (C=O) groups is 2. The van der Waals surface area contributed by atoms with Gasteiger partial charge in [0.25, 0.3) is 11.8 Å². The van der Waals surface area contributed by atoms with E-state index in [1.54, 1.807) is 12.1 Å². The SMILES string of the molecule is CCN(CC)c1ccc(C(=O)NNC(=O)C[NH2+]C2CCCCCCC2)cc1. The fourth-order valence-electron chi connectivity index (χ4n) is 3.66. The van der Waals surface area contributed by atoms with Gasteiger partial charge in [0.15, 0.2) is 6.54 Å². The molecule has 2 rings (SSSR count). The van der Waals surface area contributed by atoms with Crippen molar-refractivity contribution in [2.45, 2.75) is 64.8 Å². The van der Waals surface area contributed by atoms with E-state index < -0.39 is 0 Å². The molecule has 1 saturated carbocycles. The van der Waals surface area contributed by atoms with Gasteiger partial charge in [-0.25, -0.2) is 0 Å². The number of anilines is 1. The molecule has 1 fully saturated rings. The molecule has 1 aliphatic rings. The summed E-state index contributed by atoms with van der Waals surface area (Å²) in [5, 5.41) is 2.12.